The van der Waals surface area contributed by atoms with Gasteiger partial charge >= 0.3 is 0 Å². The Labute approximate surface area is 122 Å². The fourth-order valence-electron chi connectivity index (χ4n) is 3.29. The summed E-state index contributed by atoms with van der Waals surface area (Å²) in [5.74, 6) is 1.45. The molecule has 20 heavy (non-hydrogen) atoms. The SMILES string of the molecule is CC1=CCC[C@@H](C)[C@H]1CNCC1(O)CCS(=O)(=O)CC1. The van der Waals surface area contributed by atoms with Crippen molar-refractivity contribution in [3.8, 4) is 0 Å². The number of rotatable bonds is 4. The summed E-state index contributed by atoms with van der Waals surface area (Å²) in [6.45, 7) is 5.84. The molecular weight excluding hydrogens is 274 g/mol. The van der Waals surface area contributed by atoms with Crippen molar-refractivity contribution in [1.82, 2.24) is 5.32 Å². The van der Waals surface area contributed by atoms with Gasteiger partial charge in [-0.05, 0) is 44.4 Å². The lowest BCUT2D eigenvalue weighted by Gasteiger charge is -2.34. The molecule has 5 heteroatoms. The maximum atomic E-state index is 11.4. The van der Waals surface area contributed by atoms with E-state index in [9.17, 15) is 13.5 Å². The van der Waals surface area contributed by atoms with Crippen LogP contribution in [0.5, 0.6) is 0 Å². The van der Waals surface area contributed by atoms with Crippen LogP contribution in [0.1, 0.15) is 39.5 Å². The predicted octanol–water partition coefficient (Wildman–Crippen LogP) is 1.51. The van der Waals surface area contributed by atoms with Crippen molar-refractivity contribution in [2.24, 2.45) is 11.8 Å². The van der Waals surface area contributed by atoms with Crippen LogP contribution in [0.15, 0.2) is 11.6 Å². The summed E-state index contributed by atoms with van der Waals surface area (Å²) in [5, 5.41) is 13.8. The first-order valence-corrected chi connectivity index (χ1v) is 9.44. The average molecular weight is 301 g/mol. The van der Waals surface area contributed by atoms with Crippen LogP contribution in [0.4, 0.5) is 0 Å². The minimum atomic E-state index is -2.91. The fraction of sp³-hybridized carbons (Fsp3) is 0.867. The van der Waals surface area contributed by atoms with Crippen molar-refractivity contribution in [3.63, 3.8) is 0 Å². The van der Waals surface area contributed by atoms with Gasteiger partial charge in [-0.1, -0.05) is 18.6 Å². The Kier molecular flexibility index (Phi) is 4.92. The van der Waals surface area contributed by atoms with Crippen LogP contribution >= 0.6 is 0 Å². The quantitative estimate of drug-likeness (QED) is 0.773. The van der Waals surface area contributed by atoms with Crippen molar-refractivity contribution in [2.75, 3.05) is 24.6 Å². The van der Waals surface area contributed by atoms with Crippen molar-refractivity contribution in [2.45, 2.75) is 45.1 Å². The minimum Gasteiger partial charge on any atom is -0.388 e. The predicted molar refractivity (Wildman–Crippen MR) is 81.4 cm³/mol. The van der Waals surface area contributed by atoms with Gasteiger partial charge in [-0.3, -0.25) is 0 Å². The van der Waals surface area contributed by atoms with Crippen molar-refractivity contribution in [3.05, 3.63) is 11.6 Å². The zero-order chi connectivity index (χ0) is 14.8. The van der Waals surface area contributed by atoms with Crippen LogP contribution in [0, 0.1) is 11.8 Å². The van der Waals surface area contributed by atoms with Crippen molar-refractivity contribution in [1.29, 1.82) is 0 Å². The molecule has 0 bridgehead atoms. The number of allylic oxidation sites excluding steroid dienone is 1. The van der Waals surface area contributed by atoms with Gasteiger partial charge in [0.05, 0.1) is 17.1 Å². The molecule has 1 heterocycles. The Morgan fingerprint density at radius 1 is 1.40 bits per heavy atom. The molecule has 1 aliphatic heterocycles. The zero-order valence-corrected chi connectivity index (χ0v) is 13.4. The van der Waals surface area contributed by atoms with E-state index in [1.54, 1.807) is 0 Å². The molecule has 2 N–H and O–H groups in total. The Hall–Kier alpha value is -0.390. The summed E-state index contributed by atoms with van der Waals surface area (Å²) >= 11 is 0. The van der Waals surface area contributed by atoms with Crippen LogP contribution in [-0.4, -0.2) is 43.7 Å². The molecule has 4 nitrogen and oxygen atoms in total. The molecule has 0 aromatic carbocycles. The second-order valence-electron chi connectivity index (χ2n) is 6.62. The second kappa shape index (κ2) is 6.16. The lowest BCUT2D eigenvalue weighted by Crippen LogP contribution is -2.48. The normalized spacial score (nSPS) is 32.6. The number of sulfone groups is 1. The van der Waals surface area contributed by atoms with E-state index in [2.05, 4.69) is 25.2 Å². The molecule has 116 valence electrons. The molecular formula is C15H27NO3S. The third kappa shape index (κ3) is 4.06. The third-order valence-corrected chi connectivity index (χ3v) is 6.59. The monoisotopic (exact) mass is 301 g/mol. The van der Waals surface area contributed by atoms with Gasteiger partial charge in [0.15, 0.2) is 9.84 Å². The summed E-state index contributed by atoms with van der Waals surface area (Å²) < 4.78 is 22.8. The van der Waals surface area contributed by atoms with Crippen LogP contribution in [0.3, 0.4) is 0 Å². The van der Waals surface area contributed by atoms with Crippen molar-refractivity contribution < 1.29 is 13.5 Å². The highest BCUT2D eigenvalue weighted by Crippen LogP contribution is 2.30. The van der Waals surface area contributed by atoms with E-state index in [-0.39, 0.29) is 11.5 Å². The third-order valence-electron chi connectivity index (χ3n) is 4.94. The molecule has 2 aliphatic rings. The molecule has 0 aromatic heterocycles. The summed E-state index contributed by atoms with van der Waals surface area (Å²) in [6, 6.07) is 0. The summed E-state index contributed by atoms with van der Waals surface area (Å²) in [6.07, 6.45) is 5.43. The van der Waals surface area contributed by atoms with Gasteiger partial charge in [0, 0.05) is 13.1 Å². The van der Waals surface area contributed by atoms with E-state index in [0.29, 0.717) is 31.2 Å². The lowest BCUT2D eigenvalue weighted by atomic mass is 9.80. The Morgan fingerprint density at radius 3 is 2.65 bits per heavy atom. The average Bonchev–Trinajstić information content (AvgIpc) is 2.38. The topological polar surface area (TPSA) is 66.4 Å². The van der Waals surface area contributed by atoms with Gasteiger partial charge < -0.3 is 10.4 Å². The molecule has 0 aromatic rings. The molecule has 0 radical (unpaired) electrons. The highest BCUT2D eigenvalue weighted by Gasteiger charge is 2.35. The fourth-order valence-corrected chi connectivity index (χ4v) is 4.88. The van der Waals surface area contributed by atoms with Gasteiger partial charge in [0.1, 0.15) is 0 Å². The highest BCUT2D eigenvalue weighted by molar-refractivity contribution is 7.91. The van der Waals surface area contributed by atoms with Crippen LogP contribution in [0.25, 0.3) is 0 Å². The van der Waals surface area contributed by atoms with E-state index >= 15 is 0 Å². The second-order valence-corrected chi connectivity index (χ2v) is 8.92. The summed E-state index contributed by atoms with van der Waals surface area (Å²) in [4.78, 5) is 0. The van der Waals surface area contributed by atoms with E-state index in [1.165, 1.54) is 18.4 Å². The van der Waals surface area contributed by atoms with Crippen molar-refractivity contribution >= 4 is 9.84 Å². The first-order valence-electron chi connectivity index (χ1n) is 7.61. The van der Waals surface area contributed by atoms with Gasteiger partial charge in [0.25, 0.3) is 0 Å². The maximum absolute atomic E-state index is 11.4. The van der Waals surface area contributed by atoms with Gasteiger partial charge in [-0.15, -0.1) is 0 Å². The standard InChI is InChI=1S/C15H27NO3S/c1-12-4-3-5-13(2)14(12)10-16-11-15(17)6-8-20(18,19)9-7-15/h4,13-14,16-17H,3,5-11H2,1-2H3/t13-,14+/m1/s1. The van der Waals surface area contributed by atoms with E-state index in [4.69, 9.17) is 0 Å². The Morgan fingerprint density at radius 2 is 2.05 bits per heavy atom. The first-order chi connectivity index (χ1) is 9.31. The smallest absolute Gasteiger partial charge is 0.150 e. The molecule has 0 amide bonds. The van der Waals surface area contributed by atoms with Gasteiger partial charge in [-0.25, -0.2) is 8.42 Å². The number of aliphatic hydroxyl groups is 1. The molecule has 1 aliphatic carbocycles. The minimum absolute atomic E-state index is 0.115. The van der Waals surface area contributed by atoms with Gasteiger partial charge in [-0.2, -0.15) is 0 Å². The molecule has 0 spiro atoms. The van der Waals surface area contributed by atoms with Crippen LogP contribution in [0.2, 0.25) is 0 Å². The summed E-state index contributed by atoms with van der Waals surface area (Å²) in [7, 11) is -2.91. The molecule has 1 fully saturated rings. The number of hydrogen-bond donors (Lipinski definition) is 2. The highest BCUT2D eigenvalue weighted by atomic mass is 32.2. The lowest BCUT2D eigenvalue weighted by molar-refractivity contribution is 0.0296. The summed E-state index contributed by atoms with van der Waals surface area (Å²) in [5.41, 5.74) is 0.593. The zero-order valence-electron chi connectivity index (χ0n) is 12.6. The molecule has 0 unspecified atom stereocenters. The number of nitrogens with one attached hydrogen (secondary N) is 1. The van der Waals surface area contributed by atoms with Gasteiger partial charge in [0.2, 0.25) is 0 Å². The van der Waals surface area contributed by atoms with Crippen LogP contribution < -0.4 is 5.32 Å². The molecule has 1 saturated heterocycles. The largest absolute Gasteiger partial charge is 0.388 e. The number of hydrogen-bond acceptors (Lipinski definition) is 4. The van der Waals surface area contributed by atoms with E-state index in [1.807, 2.05) is 0 Å². The maximum Gasteiger partial charge on any atom is 0.150 e. The Bertz CT molecular complexity index is 456. The van der Waals surface area contributed by atoms with Crippen LogP contribution in [-0.2, 0) is 9.84 Å². The van der Waals surface area contributed by atoms with E-state index in [0.717, 1.165) is 6.54 Å². The first kappa shape index (κ1) is 16.0. The molecule has 2 rings (SSSR count). The van der Waals surface area contributed by atoms with E-state index < -0.39 is 15.4 Å². The Balaban J connectivity index is 1.81. The molecule has 2 atom stereocenters. The molecule has 0 saturated carbocycles.